The molecule has 6 nitrogen and oxygen atoms in total. The number of rotatable bonds is 5. The van der Waals surface area contributed by atoms with Crippen molar-refractivity contribution in [3.8, 4) is 0 Å². The van der Waals surface area contributed by atoms with E-state index < -0.39 is 0 Å². The van der Waals surface area contributed by atoms with E-state index in [0.717, 1.165) is 69.1 Å². The van der Waals surface area contributed by atoms with Gasteiger partial charge in [0.15, 0.2) is 5.78 Å². The molecule has 7 heteroatoms. The van der Waals surface area contributed by atoms with Crippen LogP contribution in [0.5, 0.6) is 0 Å². The molecule has 2 fully saturated rings. The van der Waals surface area contributed by atoms with Crippen molar-refractivity contribution in [3.63, 3.8) is 0 Å². The molecular formula is C22H27ClN4O2. The van der Waals surface area contributed by atoms with Gasteiger partial charge in [-0.2, -0.15) is 0 Å². The highest BCUT2D eigenvalue weighted by molar-refractivity contribution is 6.30. The summed E-state index contributed by atoms with van der Waals surface area (Å²) >= 11 is 5.93. The summed E-state index contributed by atoms with van der Waals surface area (Å²) in [6.45, 7) is 3.64. The van der Waals surface area contributed by atoms with Crippen LogP contribution in [0.3, 0.4) is 0 Å². The van der Waals surface area contributed by atoms with Crippen LogP contribution in [0.25, 0.3) is 0 Å². The lowest BCUT2D eigenvalue weighted by molar-refractivity contribution is 0.0900. The third-order valence-electron chi connectivity index (χ3n) is 6.06. The Hall–Kier alpha value is -2.18. The van der Waals surface area contributed by atoms with Crippen molar-refractivity contribution in [1.82, 2.24) is 9.97 Å². The van der Waals surface area contributed by atoms with Gasteiger partial charge in [0, 0.05) is 55.4 Å². The molecule has 1 aromatic carbocycles. The zero-order valence-corrected chi connectivity index (χ0v) is 17.3. The van der Waals surface area contributed by atoms with Gasteiger partial charge in [0.2, 0.25) is 0 Å². The van der Waals surface area contributed by atoms with Crippen molar-refractivity contribution < 1.29 is 9.90 Å². The van der Waals surface area contributed by atoms with E-state index in [1.165, 1.54) is 0 Å². The molecule has 0 aliphatic carbocycles. The number of ketones is 1. The lowest BCUT2D eigenvalue weighted by Crippen LogP contribution is -2.38. The number of benzene rings is 1. The second-order valence-corrected chi connectivity index (χ2v) is 8.44. The van der Waals surface area contributed by atoms with E-state index in [1.807, 2.05) is 18.2 Å². The maximum Gasteiger partial charge on any atom is 0.166 e. The number of aliphatic hydroxyl groups excluding tert-OH is 1. The Bertz CT molecular complexity index is 837. The van der Waals surface area contributed by atoms with Crippen molar-refractivity contribution >= 4 is 29.0 Å². The molecule has 0 spiro atoms. The largest absolute Gasteiger partial charge is 0.396 e. The first kappa shape index (κ1) is 20.1. The Kier molecular flexibility index (Phi) is 6.31. The minimum Gasteiger partial charge on any atom is -0.396 e. The van der Waals surface area contributed by atoms with Gasteiger partial charge in [0.25, 0.3) is 0 Å². The summed E-state index contributed by atoms with van der Waals surface area (Å²) in [7, 11) is 0. The average molecular weight is 415 g/mol. The van der Waals surface area contributed by atoms with Crippen LogP contribution in [0, 0.1) is 11.8 Å². The first-order valence-electron chi connectivity index (χ1n) is 10.4. The van der Waals surface area contributed by atoms with Crippen LogP contribution < -0.4 is 9.80 Å². The number of anilines is 2. The molecular weight excluding hydrogens is 388 g/mol. The molecule has 0 amide bonds. The van der Waals surface area contributed by atoms with Crippen molar-refractivity contribution in [3.05, 3.63) is 47.2 Å². The second-order valence-electron chi connectivity index (χ2n) is 8.00. The molecule has 1 N–H and O–H groups in total. The van der Waals surface area contributed by atoms with E-state index in [2.05, 4.69) is 19.8 Å². The Labute approximate surface area is 176 Å². The van der Waals surface area contributed by atoms with E-state index >= 15 is 0 Å². The summed E-state index contributed by atoms with van der Waals surface area (Å²) in [5.41, 5.74) is 0.737. The normalized spacial score (nSPS) is 20.7. The summed E-state index contributed by atoms with van der Waals surface area (Å²) < 4.78 is 0. The summed E-state index contributed by atoms with van der Waals surface area (Å²) in [5, 5.41) is 10.1. The van der Waals surface area contributed by atoms with Crippen molar-refractivity contribution in [2.24, 2.45) is 11.8 Å². The van der Waals surface area contributed by atoms with Gasteiger partial charge in [-0.1, -0.05) is 11.6 Å². The minimum absolute atomic E-state index is 0.0427. The highest BCUT2D eigenvalue weighted by Gasteiger charge is 2.27. The SMILES string of the molecule is O=C(c1ccc(Cl)cc1)C1CCN(c2cc(N3CCCC(CO)C3)ncn2)CC1. The fourth-order valence-electron chi connectivity index (χ4n) is 4.33. The number of hydrogen-bond acceptors (Lipinski definition) is 6. The lowest BCUT2D eigenvalue weighted by Gasteiger charge is -2.34. The van der Waals surface area contributed by atoms with Gasteiger partial charge in [-0.3, -0.25) is 4.79 Å². The molecule has 29 heavy (non-hydrogen) atoms. The van der Waals surface area contributed by atoms with Crippen LogP contribution in [0.15, 0.2) is 36.7 Å². The third kappa shape index (κ3) is 4.70. The van der Waals surface area contributed by atoms with Gasteiger partial charge in [-0.05, 0) is 55.9 Å². The minimum atomic E-state index is 0.0427. The first-order valence-corrected chi connectivity index (χ1v) is 10.7. The highest BCUT2D eigenvalue weighted by atomic mass is 35.5. The average Bonchev–Trinajstić information content (AvgIpc) is 2.79. The molecule has 3 heterocycles. The number of nitrogens with zero attached hydrogens (tertiary/aromatic N) is 4. The molecule has 0 saturated carbocycles. The molecule has 1 atom stereocenters. The molecule has 154 valence electrons. The molecule has 1 unspecified atom stereocenters. The fraction of sp³-hybridized carbons (Fsp3) is 0.500. The number of aromatic nitrogens is 2. The molecule has 2 aliphatic heterocycles. The van der Waals surface area contributed by atoms with Gasteiger partial charge in [-0.15, -0.1) is 0 Å². The predicted molar refractivity (Wildman–Crippen MR) is 115 cm³/mol. The number of halogens is 1. The van der Waals surface area contributed by atoms with Crippen LogP contribution in [0.2, 0.25) is 5.02 Å². The van der Waals surface area contributed by atoms with E-state index in [-0.39, 0.29) is 18.3 Å². The number of carbonyl (C=O) groups is 1. The molecule has 1 aromatic heterocycles. The standard InChI is InChI=1S/C22H27ClN4O2/c23-19-5-3-17(4-6-19)22(29)18-7-10-26(11-8-18)20-12-21(25-15-24-20)27-9-1-2-16(13-27)14-28/h3-6,12,15-16,18,28H,1-2,7-11,13-14H2. The van der Waals surface area contributed by atoms with E-state index in [4.69, 9.17) is 11.6 Å². The van der Waals surface area contributed by atoms with Gasteiger partial charge in [0.1, 0.15) is 18.0 Å². The molecule has 0 bridgehead atoms. The van der Waals surface area contributed by atoms with Crippen molar-refractivity contribution in [2.75, 3.05) is 42.6 Å². The summed E-state index contributed by atoms with van der Waals surface area (Å²) in [4.78, 5) is 26.2. The first-order chi connectivity index (χ1) is 14.1. The summed E-state index contributed by atoms with van der Waals surface area (Å²) in [6.07, 6.45) is 5.40. The van der Waals surface area contributed by atoms with E-state index in [0.29, 0.717) is 10.9 Å². The zero-order chi connectivity index (χ0) is 20.2. The second kappa shape index (κ2) is 9.09. The number of piperidine rings is 2. The van der Waals surface area contributed by atoms with Crippen LogP contribution >= 0.6 is 11.6 Å². The predicted octanol–water partition coefficient (Wildman–Crippen LogP) is 3.44. The van der Waals surface area contributed by atoms with Gasteiger partial charge >= 0.3 is 0 Å². The molecule has 0 radical (unpaired) electrons. The topological polar surface area (TPSA) is 69.6 Å². The number of hydrogen-bond donors (Lipinski definition) is 1. The Morgan fingerprint density at radius 2 is 1.72 bits per heavy atom. The maximum atomic E-state index is 12.8. The Morgan fingerprint density at radius 3 is 2.41 bits per heavy atom. The van der Waals surface area contributed by atoms with E-state index in [9.17, 15) is 9.90 Å². The fourth-order valence-corrected chi connectivity index (χ4v) is 4.45. The number of aliphatic hydroxyl groups is 1. The van der Waals surface area contributed by atoms with Gasteiger partial charge in [0.05, 0.1) is 0 Å². The van der Waals surface area contributed by atoms with Crippen LogP contribution in [-0.4, -0.2) is 53.6 Å². The number of carbonyl (C=O) groups excluding carboxylic acids is 1. The molecule has 4 rings (SSSR count). The van der Waals surface area contributed by atoms with Crippen LogP contribution in [0.4, 0.5) is 11.6 Å². The van der Waals surface area contributed by atoms with Crippen molar-refractivity contribution in [1.29, 1.82) is 0 Å². The third-order valence-corrected chi connectivity index (χ3v) is 6.31. The van der Waals surface area contributed by atoms with Crippen LogP contribution in [-0.2, 0) is 0 Å². The maximum absolute atomic E-state index is 12.8. The van der Waals surface area contributed by atoms with E-state index in [1.54, 1.807) is 18.5 Å². The summed E-state index contributed by atoms with van der Waals surface area (Å²) in [6, 6.07) is 9.21. The molecule has 2 aromatic rings. The Balaban J connectivity index is 1.38. The van der Waals surface area contributed by atoms with Crippen molar-refractivity contribution in [2.45, 2.75) is 25.7 Å². The highest BCUT2D eigenvalue weighted by Crippen LogP contribution is 2.28. The molecule has 2 aliphatic rings. The van der Waals surface area contributed by atoms with Gasteiger partial charge in [-0.25, -0.2) is 9.97 Å². The smallest absolute Gasteiger partial charge is 0.166 e. The quantitative estimate of drug-likeness (QED) is 0.756. The molecule has 2 saturated heterocycles. The lowest BCUT2D eigenvalue weighted by atomic mass is 9.89. The zero-order valence-electron chi connectivity index (χ0n) is 16.5. The summed E-state index contributed by atoms with van der Waals surface area (Å²) in [5.74, 6) is 2.40. The number of Topliss-reactive ketones (excluding diaryl/α,β-unsaturated/α-hetero) is 1. The van der Waals surface area contributed by atoms with Gasteiger partial charge < -0.3 is 14.9 Å². The van der Waals surface area contributed by atoms with Crippen LogP contribution in [0.1, 0.15) is 36.0 Å². The Morgan fingerprint density at radius 1 is 1.03 bits per heavy atom. The monoisotopic (exact) mass is 414 g/mol.